The molecule has 0 fully saturated rings. The van der Waals surface area contributed by atoms with E-state index in [4.69, 9.17) is 0 Å². The van der Waals surface area contributed by atoms with Crippen LogP contribution in [0.25, 0.3) is 0 Å². The molecule has 0 aromatic carbocycles. The van der Waals surface area contributed by atoms with E-state index in [0.29, 0.717) is 0 Å². The minimum atomic E-state index is 1.17. The lowest BCUT2D eigenvalue weighted by Gasteiger charge is -2.03. The van der Waals surface area contributed by atoms with E-state index in [1.807, 2.05) is 0 Å². The van der Waals surface area contributed by atoms with Crippen molar-refractivity contribution in [2.75, 3.05) is 0 Å². The Bertz CT molecular complexity index is 644. The van der Waals surface area contributed by atoms with E-state index in [1.54, 1.807) is 0 Å². The lowest BCUT2D eigenvalue weighted by atomic mass is 10.1. The summed E-state index contributed by atoms with van der Waals surface area (Å²) in [5.41, 5.74) is 5.57. The van der Waals surface area contributed by atoms with E-state index in [1.165, 1.54) is 99.6 Å². The molecule has 0 aliphatic rings. The summed E-state index contributed by atoms with van der Waals surface area (Å²) in [6.07, 6.45) is 22.8. The Labute approximate surface area is 173 Å². The Morgan fingerprint density at radius 2 is 0.786 bits per heavy atom. The van der Waals surface area contributed by atoms with Crippen LogP contribution >= 0.6 is 0 Å². The first-order valence-electron chi connectivity index (χ1n) is 11.5. The number of hydrogen-bond donors (Lipinski definition) is 0. The highest BCUT2D eigenvalue weighted by molar-refractivity contribution is 5.17. The summed E-state index contributed by atoms with van der Waals surface area (Å²) >= 11 is 0. The molecule has 2 aromatic rings. The van der Waals surface area contributed by atoms with Gasteiger partial charge in [-0.15, -0.1) is 0 Å². The maximum absolute atomic E-state index is 2.35. The summed E-state index contributed by atoms with van der Waals surface area (Å²) in [6.45, 7) is 11.1. The number of hydrogen-bond acceptors (Lipinski definition) is 0. The molecule has 0 saturated heterocycles. The summed E-state index contributed by atoms with van der Waals surface area (Å²) in [4.78, 5) is 0. The Balaban J connectivity index is 1.39. The first-order valence-corrected chi connectivity index (χ1v) is 11.5. The standard InChI is InChI=1S/C26H42N2/c1-23-15-19-27(21-25(23)3)17-13-11-9-7-5-6-8-10-12-14-18-28-20-16-24(2)26(4)22-28/h15-16,19-22H,5-14,17-18H2,1-4H3/q+2. The third-order valence-corrected chi connectivity index (χ3v) is 6.08. The number of unbranched alkanes of at least 4 members (excludes halogenated alkanes) is 9. The van der Waals surface area contributed by atoms with E-state index in [-0.39, 0.29) is 0 Å². The van der Waals surface area contributed by atoms with Crippen LogP contribution in [0, 0.1) is 27.7 Å². The molecule has 0 aliphatic carbocycles. The summed E-state index contributed by atoms with van der Waals surface area (Å²) in [5.74, 6) is 0. The van der Waals surface area contributed by atoms with E-state index in [9.17, 15) is 0 Å². The van der Waals surface area contributed by atoms with E-state index < -0.39 is 0 Å². The Morgan fingerprint density at radius 3 is 1.11 bits per heavy atom. The molecule has 0 atom stereocenters. The van der Waals surface area contributed by atoms with Gasteiger partial charge in [0.1, 0.15) is 13.1 Å². The fourth-order valence-electron chi connectivity index (χ4n) is 3.75. The molecule has 0 bridgehead atoms. The third kappa shape index (κ3) is 8.54. The first-order chi connectivity index (χ1) is 13.6. The van der Waals surface area contributed by atoms with Gasteiger partial charge >= 0.3 is 0 Å². The summed E-state index contributed by atoms with van der Waals surface area (Å²) in [6, 6.07) is 4.46. The molecule has 2 heterocycles. The predicted octanol–water partition coefficient (Wildman–Crippen LogP) is 6.10. The van der Waals surface area contributed by atoms with Crippen molar-refractivity contribution in [2.24, 2.45) is 0 Å². The molecule has 0 radical (unpaired) electrons. The lowest BCUT2D eigenvalue weighted by Crippen LogP contribution is -2.33. The molecule has 28 heavy (non-hydrogen) atoms. The number of rotatable bonds is 13. The second kappa shape index (κ2) is 12.7. The SMILES string of the molecule is Cc1cc[n+](CCCCCCCCCCCC[n+]2ccc(C)c(C)c2)cc1C. The molecule has 2 aromatic heterocycles. The van der Waals surface area contributed by atoms with Crippen molar-refractivity contribution in [3.05, 3.63) is 59.2 Å². The topological polar surface area (TPSA) is 7.76 Å². The average molecular weight is 383 g/mol. The van der Waals surface area contributed by atoms with Gasteiger partial charge in [0.2, 0.25) is 0 Å². The van der Waals surface area contributed by atoms with Crippen LogP contribution in [0.5, 0.6) is 0 Å². The second-order valence-corrected chi connectivity index (χ2v) is 8.63. The van der Waals surface area contributed by atoms with Crippen molar-refractivity contribution in [2.45, 2.75) is 105 Å². The molecule has 154 valence electrons. The molecule has 2 heteroatoms. The maximum atomic E-state index is 2.35. The Hall–Kier alpha value is -1.70. The van der Waals surface area contributed by atoms with Gasteiger partial charge in [-0.3, -0.25) is 0 Å². The van der Waals surface area contributed by atoms with E-state index in [2.05, 4.69) is 73.7 Å². The molecular formula is C26H42N2+2. The van der Waals surface area contributed by atoms with Crippen LogP contribution in [0.15, 0.2) is 36.9 Å². The van der Waals surface area contributed by atoms with Gasteiger partial charge in [-0.05, 0) is 51.7 Å². The fourth-order valence-corrected chi connectivity index (χ4v) is 3.75. The number of pyridine rings is 2. The van der Waals surface area contributed by atoms with Crippen LogP contribution < -0.4 is 9.13 Å². The van der Waals surface area contributed by atoms with E-state index in [0.717, 1.165) is 0 Å². The molecule has 2 nitrogen and oxygen atoms in total. The van der Waals surface area contributed by atoms with Crippen molar-refractivity contribution in [3.8, 4) is 0 Å². The highest BCUT2D eigenvalue weighted by atomic mass is 14.9. The summed E-state index contributed by atoms with van der Waals surface area (Å²) in [7, 11) is 0. The maximum Gasteiger partial charge on any atom is 0.171 e. The first kappa shape index (κ1) is 22.6. The van der Waals surface area contributed by atoms with Crippen LogP contribution in [-0.4, -0.2) is 0 Å². The lowest BCUT2D eigenvalue weighted by molar-refractivity contribution is -0.697. The van der Waals surface area contributed by atoms with Crippen LogP contribution in [0.2, 0.25) is 0 Å². The van der Waals surface area contributed by atoms with Gasteiger partial charge in [0.15, 0.2) is 24.8 Å². The second-order valence-electron chi connectivity index (χ2n) is 8.63. The minimum absolute atomic E-state index is 1.17. The smallest absolute Gasteiger partial charge is 0.171 e. The quantitative estimate of drug-likeness (QED) is 0.292. The van der Waals surface area contributed by atoms with E-state index >= 15 is 0 Å². The van der Waals surface area contributed by atoms with Gasteiger partial charge < -0.3 is 0 Å². The van der Waals surface area contributed by atoms with Crippen molar-refractivity contribution in [3.63, 3.8) is 0 Å². The number of aromatic nitrogens is 2. The molecule has 2 rings (SSSR count). The third-order valence-electron chi connectivity index (χ3n) is 6.08. The predicted molar refractivity (Wildman–Crippen MR) is 118 cm³/mol. The summed E-state index contributed by atoms with van der Waals surface area (Å²) < 4.78 is 4.69. The van der Waals surface area contributed by atoms with Gasteiger partial charge in [-0.2, -0.15) is 0 Å². The molecule has 0 spiro atoms. The van der Waals surface area contributed by atoms with Crippen molar-refractivity contribution >= 4 is 0 Å². The van der Waals surface area contributed by atoms with Crippen LogP contribution in [-0.2, 0) is 13.1 Å². The molecule has 0 saturated carbocycles. The molecule has 0 aliphatic heterocycles. The molecular weight excluding hydrogens is 340 g/mol. The van der Waals surface area contributed by atoms with Gasteiger partial charge in [0, 0.05) is 36.1 Å². The van der Waals surface area contributed by atoms with Gasteiger partial charge in [-0.1, -0.05) is 38.5 Å². The van der Waals surface area contributed by atoms with Gasteiger partial charge in [-0.25, -0.2) is 9.13 Å². The van der Waals surface area contributed by atoms with Crippen molar-refractivity contribution < 1.29 is 9.13 Å². The summed E-state index contributed by atoms with van der Waals surface area (Å²) in [5, 5.41) is 0. The highest BCUT2D eigenvalue weighted by Gasteiger charge is 2.04. The zero-order valence-corrected chi connectivity index (χ0v) is 18.8. The largest absolute Gasteiger partial charge is 0.205 e. The monoisotopic (exact) mass is 382 g/mol. The Kier molecular flexibility index (Phi) is 10.2. The zero-order valence-electron chi connectivity index (χ0n) is 18.8. The van der Waals surface area contributed by atoms with Crippen molar-refractivity contribution in [1.82, 2.24) is 0 Å². The molecule has 0 N–H and O–H groups in total. The molecule has 0 unspecified atom stereocenters. The van der Waals surface area contributed by atoms with Crippen LogP contribution in [0.3, 0.4) is 0 Å². The average Bonchev–Trinajstić information content (AvgIpc) is 2.68. The fraction of sp³-hybridized carbons (Fsp3) is 0.615. The number of aryl methyl sites for hydroxylation is 6. The number of nitrogens with zero attached hydrogens (tertiary/aromatic N) is 2. The molecule has 0 amide bonds. The highest BCUT2D eigenvalue weighted by Crippen LogP contribution is 2.11. The van der Waals surface area contributed by atoms with Gasteiger partial charge in [0.25, 0.3) is 0 Å². The van der Waals surface area contributed by atoms with Crippen LogP contribution in [0.4, 0.5) is 0 Å². The van der Waals surface area contributed by atoms with Crippen molar-refractivity contribution in [1.29, 1.82) is 0 Å². The van der Waals surface area contributed by atoms with Gasteiger partial charge in [0.05, 0.1) is 0 Å². The Morgan fingerprint density at radius 1 is 0.464 bits per heavy atom. The normalized spacial score (nSPS) is 11.1. The minimum Gasteiger partial charge on any atom is -0.205 e. The zero-order chi connectivity index (χ0) is 20.2. The van der Waals surface area contributed by atoms with Crippen LogP contribution in [0.1, 0.15) is 86.5 Å².